The van der Waals surface area contributed by atoms with Crippen LogP contribution in [0.1, 0.15) is 93.9 Å². The minimum absolute atomic E-state index is 0.0137. The molecular weight excluding hydrogens is 394 g/mol. The van der Waals surface area contributed by atoms with E-state index in [0.717, 1.165) is 49.9 Å². The first-order valence-electron chi connectivity index (χ1n) is 11.9. The van der Waals surface area contributed by atoms with Gasteiger partial charge in [0.2, 0.25) is 6.41 Å². The van der Waals surface area contributed by atoms with Gasteiger partial charge < -0.3 is 9.64 Å². The summed E-state index contributed by atoms with van der Waals surface area (Å²) in [6, 6.07) is 0. The molecular formula is C26H48ClNO2. The standard InChI is InChI=1S/C13H19ClO.C9H17NO.2C2H6/c1-4-12(8-7-11(2)14)15-13(3)9-5-6-10-13;1-8(2)9-3-5-10(7-11)6-4-9;2*1-2/h4,7-8H,2,5-6,9-10H2,1,3H3;7-9H,3-6H2,1-2H3;2*1-2H3/b8-7-,12-4+;;;. The van der Waals surface area contributed by atoms with E-state index in [-0.39, 0.29) is 5.60 Å². The van der Waals surface area contributed by atoms with Gasteiger partial charge in [-0.05, 0) is 82.4 Å². The SMILES string of the molecule is C=C(Cl)/C=C\C(=C/C)OC1(C)CCCC1.CC.CC.CC(C)C1CCN(C=O)CC1. The number of likely N-dealkylation sites (tertiary alicyclic amines) is 1. The molecule has 2 aliphatic rings. The summed E-state index contributed by atoms with van der Waals surface area (Å²) in [7, 11) is 0. The number of amides is 1. The summed E-state index contributed by atoms with van der Waals surface area (Å²) < 4.78 is 5.97. The van der Waals surface area contributed by atoms with E-state index in [1.165, 1.54) is 25.7 Å². The van der Waals surface area contributed by atoms with Gasteiger partial charge in [0.05, 0.1) is 0 Å². The molecule has 0 aromatic carbocycles. The number of hydrogen-bond acceptors (Lipinski definition) is 2. The normalized spacial score (nSPS) is 18.5. The molecule has 0 bridgehead atoms. The largest absolute Gasteiger partial charge is 0.488 e. The highest BCUT2D eigenvalue weighted by Gasteiger charge is 2.30. The third-order valence-corrected chi connectivity index (χ3v) is 5.53. The van der Waals surface area contributed by atoms with E-state index >= 15 is 0 Å². The first kappa shape index (κ1) is 31.0. The van der Waals surface area contributed by atoms with Crippen LogP contribution >= 0.6 is 11.6 Å². The summed E-state index contributed by atoms with van der Waals surface area (Å²) in [5, 5.41) is 0.523. The van der Waals surface area contributed by atoms with Gasteiger partial charge in [0.1, 0.15) is 11.4 Å². The molecule has 0 atom stereocenters. The molecule has 1 amide bonds. The summed E-state index contributed by atoms with van der Waals surface area (Å²) in [6.07, 6.45) is 13.7. The smallest absolute Gasteiger partial charge is 0.209 e. The topological polar surface area (TPSA) is 29.5 Å². The summed E-state index contributed by atoms with van der Waals surface area (Å²) >= 11 is 5.67. The lowest BCUT2D eigenvalue weighted by atomic mass is 9.87. The average Bonchev–Trinajstić information content (AvgIpc) is 3.20. The number of allylic oxidation sites excluding steroid dienone is 4. The first-order chi connectivity index (χ1) is 14.3. The van der Waals surface area contributed by atoms with Crippen LogP contribution in [0.15, 0.2) is 35.6 Å². The lowest BCUT2D eigenvalue weighted by molar-refractivity contribution is -0.119. The molecule has 2 fully saturated rings. The Kier molecular flexibility index (Phi) is 19.1. The molecule has 2 rings (SSSR count). The van der Waals surface area contributed by atoms with Crippen molar-refractivity contribution in [3.05, 3.63) is 35.6 Å². The second-order valence-electron chi connectivity index (χ2n) is 7.95. The van der Waals surface area contributed by atoms with Crippen molar-refractivity contribution in [3.63, 3.8) is 0 Å². The quantitative estimate of drug-likeness (QED) is 0.236. The van der Waals surface area contributed by atoms with Gasteiger partial charge >= 0.3 is 0 Å². The van der Waals surface area contributed by atoms with Crippen LogP contribution in [0.2, 0.25) is 0 Å². The molecule has 176 valence electrons. The molecule has 3 nitrogen and oxygen atoms in total. The Morgan fingerprint density at radius 3 is 1.97 bits per heavy atom. The molecule has 1 aliphatic heterocycles. The summed E-state index contributed by atoms with van der Waals surface area (Å²) in [4.78, 5) is 12.2. The van der Waals surface area contributed by atoms with Crippen LogP contribution in [0.3, 0.4) is 0 Å². The second kappa shape index (κ2) is 18.5. The predicted molar refractivity (Wildman–Crippen MR) is 134 cm³/mol. The lowest BCUT2D eigenvalue weighted by Gasteiger charge is -2.31. The fraction of sp³-hybridized carbons (Fsp3) is 0.731. The van der Waals surface area contributed by atoms with E-state index in [1.807, 2.05) is 51.7 Å². The van der Waals surface area contributed by atoms with Crippen molar-refractivity contribution < 1.29 is 9.53 Å². The van der Waals surface area contributed by atoms with Crippen molar-refractivity contribution in [2.45, 2.75) is 99.5 Å². The van der Waals surface area contributed by atoms with E-state index in [1.54, 1.807) is 6.08 Å². The zero-order chi connectivity index (χ0) is 23.6. The molecule has 0 aromatic heterocycles. The number of carbonyl (C=O) groups is 1. The molecule has 4 heteroatoms. The van der Waals surface area contributed by atoms with E-state index in [0.29, 0.717) is 5.03 Å². The van der Waals surface area contributed by atoms with E-state index in [2.05, 4.69) is 27.4 Å². The maximum absolute atomic E-state index is 10.4. The molecule has 30 heavy (non-hydrogen) atoms. The number of rotatable bonds is 6. The predicted octanol–water partition coefficient (Wildman–Crippen LogP) is 8.11. The van der Waals surface area contributed by atoms with Crippen molar-refractivity contribution in [3.8, 4) is 0 Å². The summed E-state index contributed by atoms with van der Waals surface area (Å²) in [5.41, 5.74) is 0.0137. The van der Waals surface area contributed by atoms with Crippen molar-refractivity contribution in [2.75, 3.05) is 13.1 Å². The van der Waals surface area contributed by atoms with Gasteiger partial charge in [-0.3, -0.25) is 4.79 Å². The molecule has 0 radical (unpaired) electrons. The molecule has 0 N–H and O–H groups in total. The van der Waals surface area contributed by atoms with Gasteiger partial charge in [-0.25, -0.2) is 0 Å². The van der Waals surface area contributed by atoms with Crippen molar-refractivity contribution >= 4 is 18.0 Å². The van der Waals surface area contributed by atoms with Crippen LogP contribution in [-0.4, -0.2) is 30.0 Å². The van der Waals surface area contributed by atoms with Crippen LogP contribution in [0.4, 0.5) is 0 Å². The van der Waals surface area contributed by atoms with Gasteiger partial charge in [-0.1, -0.05) is 59.7 Å². The third-order valence-electron chi connectivity index (χ3n) is 5.40. The first-order valence-corrected chi connectivity index (χ1v) is 12.2. The molecule has 0 spiro atoms. The fourth-order valence-corrected chi connectivity index (χ4v) is 3.63. The third kappa shape index (κ3) is 13.9. The van der Waals surface area contributed by atoms with Crippen molar-refractivity contribution in [2.24, 2.45) is 11.8 Å². The van der Waals surface area contributed by atoms with E-state index < -0.39 is 0 Å². The number of carbonyl (C=O) groups excluding carboxylic acids is 1. The maximum Gasteiger partial charge on any atom is 0.209 e. The van der Waals surface area contributed by atoms with E-state index in [4.69, 9.17) is 16.3 Å². The molecule has 1 saturated carbocycles. The summed E-state index contributed by atoms with van der Waals surface area (Å²) in [6.45, 7) is 22.2. The van der Waals surface area contributed by atoms with Crippen LogP contribution < -0.4 is 0 Å². The summed E-state index contributed by atoms with van der Waals surface area (Å²) in [5.74, 6) is 2.50. The number of piperidine rings is 1. The number of halogens is 1. The molecule has 1 saturated heterocycles. The molecule has 1 aliphatic carbocycles. The second-order valence-corrected chi connectivity index (χ2v) is 8.44. The van der Waals surface area contributed by atoms with Crippen molar-refractivity contribution in [1.82, 2.24) is 4.90 Å². The van der Waals surface area contributed by atoms with Crippen LogP contribution in [0.5, 0.6) is 0 Å². The fourth-order valence-electron chi connectivity index (χ4n) is 3.56. The van der Waals surface area contributed by atoms with Gasteiger partial charge in [0, 0.05) is 18.1 Å². The Morgan fingerprint density at radius 1 is 1.10 bits per heavy atom. The van der Waals surface area contributed by atoms with Gasteiger partial charge in [-0.15, -0.1) is 0 Å². The van der Waals surface area contributed by atoms with E-state index in [9.17, 15) is 4.79 Å². The molecule has 0 aromatic rings. The maximum atomic E-state index is 10.4. The number of ether oxygens (including phenoxy) is 1. The Bertz CT molecular complexity index is 497. The highest BCUT2D eigenvalue weighted by Crippen LogP contribution is 2.34. The minimum atomic E-state index is 0.0137. The Morgan fingerprint density at radius 2 is 1.60 bits per heavy atom. The van der Waals surface area contributed by atoms with Crippen molar-refractivity contribution in [1.29, 1.82) is 0 Å². The Hall–Kier alpha value is -1.22. The Balaban J connectivity index is 0. The monoisotopic (exact) mass is 441 g/mol. The number of hydrogen-bond donors (Lipinski definition) is 0. The van der Waals surface area contributed by atoms with Crippen LogP contribution in [0, 0.1) is 11.8 Å². The lowest BCUT2D eigenvalue weighted by Crippen LogP contribution is -2.34. The average molecular weight is 442 g/mol. The van der Waals surface area contributed by atoms with Crippen LogP contribution in [-0.2, 0) is 9.53 Å². The highest BCUT2D eigenvalue weighted by atomic mass is 35.5. The number of nitrogens with zero attached hydrogens (tertiary/aromatic N) is 1. The highest BCUT2D eigenvalue weighted by molar-refractivity contribution is 6.30. The molecule has 1 heterocycles. The zero-order valence-corrected chi connectivity index (χ0v) is 21.7. The van der Waals surface area contributed by atoms with Gasteiger partial charge in [-0.2, -0.15) is 0 Å². The van der Waals surface area contributed by atoms with Crippen LogP contribution in [0.25, 0.3) is 0 Å². The van der Waals surface area contributed by atoms with Gasteiger partial charge in [0.15, 0.2) is 0 Å². The molecule has 0 unspecified atom stereocenters. The minimum Gasteiger partial charge on any atom is -0.488 e. The zero-order valence-electron chi connectivity index (χ0n) is 21.0. The van der Waals surface area contributed by atoms with Gasteiger partial charge in [0.25, 0.3) is 0 Å². The Labute approximate surface area is 192 Å².